The van der Waals surface area contributed by atoms with Crippen LogP contribution >= 0.6 is 11.6 Å². The fourth-order valence-corrected chi connectivity index (χ4v) is 2.66. The van der Waals surface area contributed by atoms with Gasteiger partial charge in [-0.3, -0.25) is 4.79 Å². The molecular weight excluding hydrogens is 330 g/mol. The number of carbonyl (C=O) groups excluding carboxylic acids is 2. The first-order valence-corrected chi connectivity index (χ1v) is 7.72. The molecule has 1 amide bonds. The highest BCUT2D eigenvalue weighted by Crippen LogP contribution is 2.20. The Morgan fingerprint density at radius 1 is 1.21 bits per heavy atom. The number of carbonyl (C=O) groups is 2. The number of rotatable bonds is 5. The molecule has 24 heavy (non-hydrogen) atoms. The molecule has 0 aliphatic carbocycles. The zero-order chi connectivity index (χ0) is 17.7. The topological polar surface area (TPSA) is 75.6 Å². The van der Waals surface area contributed by atoms with Crippen molar-refractivity contribution >= 4 is 23.5 Å². The molecule has 2 aromatic rings. The minimum Gasteiger partial charge on any atom is -0.508 e. The van der Waals surface area contributed by atoms with Crippen LogP contribution in [0.2, 0.25) is 5.02 Å². The van der Waals surface area contributed by atoms with Gasteiger partial charge in [-0.2, -0.15) is 0 Å². The van der Waals surface area contributed by atoms with E-state index >= 15 is 0 Å². The van der Waals surface area contributed by atoms with Gasteiger partial charge in [-0.1, -0.05) is 35.9 Å². The Morgan fingerprint density at radius 2 is 1.88 bits per heavy atom. The van der Waals surface area contributed by atoms with Crippen molar-refractivity contribution in [2.24, 2.45) is 0 Å². The molecule has 0 aliphatic rings. The molecule has 6 heteroatoms. The number of aryl methyl sites for hydroxylation is 1. The van der Waals surface area contributed by atoms with Crippen molar-refractivity contribution in [3.63, 3.8) is 0 Å². The lowest BCUT2D eigenvalue weighted by Gasteiger charge is -2.18. The number of esters is 1. The number of halogens is 1. The van der Waals surface area contributed by atoms with Gasteiger partial charge in [0.2, 0.25) is 0 Å². The van der Waals surface area contributed by atoms with Gasteiger partial charge in [0, 0.05) is 6.42 Å². The van der Waals surface area contributed by atoms with Crippen molar-refractivity contribution in [2.45, 2.75) is 19.4 Å². The molecule has 0 saturated heterocycles. The lowest BCUT2D eigenvalue weighted by Crippen LogP contribution is -2.43. The van der Waals surface area contributed by atoms with Crippen LogP contribution in [0.3, 0.4) is 0 Å². The highest BCUT2D eigenvalue weighted by molar-refractivity contribution is 6.34. The summed E-state index contributed by atoms with van der Waals surface area (Å²) in [6.45, 7) is 1.77. The van der Waals surface area contributed by atoms with Crippen LogP contribution in [0.15, 0.2) is 42.5 Å². The molecule has 1 atom stereocenters. The lowest BCUT2D eigenvalue weighted by atomic mass is 10.0. The van der Waals surface area contributed by atoms with Gasteiger partial charge in [-0.25, -0.2) is 4.79 Å². The van der Waals surface area contributed by atoms with Crippen LogP contribution in [-0.4, -0.2) is 30.1 Å². The summed E-state index contributed by atoms with van der Waals surface area (Å²) in [5.74, 6) is -0.863. The lowest BCUT2D eigenvalue weighted by molar-refractivity contribution is -0.142. The summed E-state index contributed by atoms with van der Waals surface area (Å²) in [6.07, 6.45) is 0.238. The molecule has 0 radical (unpaired) electrons. The Balaban J connectivity index is 2.21. The zero-order valence-electron chi connectivity index (χ0n) is 13.4. The van der Waals surface area contributed by atoms with E-state index in [0.717, 1.165) is 5.56 Å². The van der Waals surface area contributed by atoms with Gasteiger partial charge >= 0.3 is 5.97 Å². The van der Waals surface area contributed by atoms with Crippen LogP contribution in [0.5, 0.6) is 5.75 Å². The van der Waals surface area contributed by atoms with E-state index < -0.39 is 17.9 Å². The van der Waals surface area contributed by atoms with Crippen LogP contribution in [0.1, 0.15) is 21.5 Å². The third-order valence-electron chi connectivity index (χ3n) is 3.62. The van der Waals surface area contributed by atoms with Crippen molar-refractivity contribution < 1.29 is 19.4 Å². The van der Waals surface area contributed by atoms with E-state index in [1.165, 1.54) is 19.2 Å². The SMILES string of the molecule is COC(=O)C(Cc1ccc(O)cc1)NC(=O)c1c(C)cccc1Cl. The first-order valence-electron chi connectivity index (χ1n) is 7.34. The minimum absolute atomic E-state index is 0.129. The van der Waals surface area contributed by atoms with Gasteiger partial charge in [-0.15, -0.1) is 0 Å². The normalized spacial score (nSPS) is 11.6. The number of nitrogens with one attached hydrogen (secondary N) is 1. The fraction of sp³-hybridized carbons (Fsp3) is 0.222. The summed E-state index contributed by atoms with van der Waals surface area (Å²) in [6, 6.07) is 10.7. The number of phenolic OH excluding ortho intramolecular Hbond substituents is 1. The number of benzene rings is 2. The fourth-order valence-electron chi connectivity index (χ4n) is 2.35. The number of hydrogen-bond donors (Lipinski definition) is 2. The van der Waals surface area contributed by atoms with E-state index in [1.807, 2.05) is 0 Å². The van der Waals surface area contributed by atoms with Crippen molar-refractivity contribution in [3.05, 3.63) is 64.2 Å². The first kappa shape index (κ1) is 17.8. The Kier molecular flexibility index (Phi) is 5.82. The average molecular weight is 348 g/mol. The van der Waals surface area contributed by atoms with Gasteiger partial charge < -0.3 is 15.2 Å². The second kappa shape index (κ2) is 7.84. The maximum Gasteiger partial charge on any atom is 0.328 e. The Bertz CT molecular complexity index is 723. The van der Waals surface area contributed by atoms with Gasteiger partial charge in [-0.05, 0) is 36.2 Å². The molecule has 0 saturated carbocycles. The second-order valence-corrected chi connectivity index (χ2v) is 5.76. The predicted octanol–water partition coefficient (Wildman–Crippen LogP) is 2.87. The molecule has 2 aromatic carbocycles. The summed E-state index contributed by atoms with van der Waals surface area (Å²) < 4.78 is 4.77. The van der Waals surface area contributed by atoms with Crippen molar-refractivity contribution in [3.8, 4) is 5.75 Å². The number of aromatic hydroxyl groups is 1. The Morgan fingerprint density at radius 3 is 2.46 bits per heavy atom. The molecule has 2 rings (SSSR count). The quantitative estimate of drug-likeness (QED) is 0.815. The van der Waals surface area contributed by atoms with E-state index in [9.17, 15) is 14.7 Å². The van der Waals surface area contributed by atoms with E-state index in [0.29, 0.717) is 16.1 Å². The summed E-state index contributed by atoms with van der Waals surface area (Å²) in [5, 5.41) is 12.3. The largest absolute Gasteiger partial charge is 0.508 e. The predicted molar refractivity (Wildman–Crippen MR) is 91.3 cm³/mol. The summed E-state index contributed by atoms with van der Waals surface area (Å²) in [4.78, 5) is 24.5. The van der Waals surface area contributed by atoms with Crippen LogP contribution in [0.25, 0.3) is 0 Å². The zero-order valence-corrected chi connectivity index (χ0v) is 14.1. The van der Waals surface area contributed by atoms with Crippen molar-refractivity contribution in [2.75, 3.05) is 7.11 Å². The molecule has 126 valence electrons. The summed E-state index contributed by atoms with van der Waals surface area (Å²) >= 11 is 6.09. The third-order valence-corrected chi connectivity index (χ3v) is 3.93. The van der Waals surface area contributed by atoms with Crippen LogP contribution in [0, 0.1) is 6.92 Å². The van der Waals surface area contributed by atoms with Gasteiger partial charge in [0.25, 0.3) is 5.91 Å². The molecule has 0 spiro atoms. The molecule has 0 fully saturated rings. The van der Waals surface area contributed by atoms with E-state index in [-0.39, 0.29) is 12.2 Å². The summed E-state index contributed by atoms with van der Waals surface area (Å²) in [7, 11) is 1.26. The Hall–Kier alpha value is -2.53. The summed E-state index contributed by atoms with van der Waals surface area (Å²) in [5.41, 5.74) is 1.83. The standard InChI is InChI=1S/C18H18ClNO4/c1-11-4-3-5-14(19)16(11)17(22)20-15(18(23)24-2)10-12-6-8-13(21)9-7-12/h3-9,15,21H,10H2,1-2H3,(H,20,22). The number of hydrogen-bond acceptors (Lipinski definition) is 4. The highest BCUT2D eigenvalue weighted by Gasteiger charge is 2.24. The van der Waals surface area contributed by atoms with E-state index in [2.05, 4.69) is 5.32 Å². The Labute approximate surface area is 145 Å². The maximum absolute atomic E-state index is 12.5. The van der Waals surface area contributed by atoms with Gasteiger partial charge in [0.15, 0.2) is 0 Å². The molecular formula is C18H18ClNO4. The van der Waals surface area contributed by atoms with Crippen LogP contribution < -0.4 is 5.32 Å². The monoisotopic (exact) mass is 347 g/mol. The minimum atomic E-state index is -0.859. The third kappa shape index (κ3) is 4.26. The van der Waals surface area contributed by atoms with Crippen molar-refractivity contribution in [1.82, 2.24) is 5.32 Å². The molecule has 2 N–H and O–H groups in total. The number of ether oxygens (including phenoxy) is 1. The molecule has 5 nitrogen and oxygen atoms in total. The van der Waals surface area contributed by atoms with E-state index in [1.54, 1.807) is 37.3 Å². The number of phenols is 1. The smallest absolute Gasteiger partial charge is 0.328 e. The first-order chi connectivity index (χ1) is 11.4. The molecule has 1 unspecified atom stereocenters. The molecule has 0 heterocycles. The van der Waals surface area contributed by atoms with Crippen LogP contribution in [0.4, 0.5) is 0 Å². The maximum atomic E-state index is 12.5. The van der Waals surface area contributed by atoms with Gasteiger partial charge in [0.05, 0.1) is 17.7 Å². The molecule has 0 aliphatic heterocycles. The number of methoxy groups -OCH3 is 1. The highest BCUT2D eigenvalue weighted by atomic mass is 35.5. The van der Waals surface area contributed by atoms with E-state index in [4.69, 9.17) is 16.3 Å². The van der Waals surface area contributed by atoms with Gasteiger partial charge in [0.1, 0.15) is 11.8 Å². The van der Waals surface area contributed by atoms with Crippen molar-refractivity contribution in [1.29, 1.82) is 0 Å². The number of amides is 1. The second-order valence-electron chi connectivity index (χ2n) is 5.35. The van der Waals surface area contributed by atoms with Crippen LogP contribution in [-0.2, 0) is 16.0 Å². The molecule has 0 bridgehead atoms. The molecule has 0 aromatic heterocycles. The average Bonchev–Trinajstić information content (AvgIpc) is 2.55.